The summed E-state index contributed by atoms with van der Waals surface area (Å²) in [6.45, 7) is 2.75. The Hall–Kier alpha value is -2.76. The van der Waals surface area contributed by atoms with Gasteiger partial charge in [0.15, 0.2) is 12.1 Å². The molecule has 0 aromatic carbocycles. The lowest BCUT2D eigenvalue weighted by Crippen LogP contribution is -2.23. The van der Waals surface area contributed by atoms with E-state index in [1.54, 1.807) is 18.5 Å². The molecule has 6 heteroatoms. The van der Waals surface area contributed by atoms with Crippen LogP contribution >= 0.6 is 0 Å². The first kappa shape index (κ1) is 13.9. The SMILES string of the molecule is Cc1ccnc(-n2ncc3c4n(cc3c2=O)CCCC4)c1C=O. The summed E-state index contributed by atoms with van der Waals surface area (Å²) in [5.74, 6) is 0.288. The number of aldehydes is 1. The summed E-state index contributed by atoms with van der Waals surface area (Å²) in [5.41, 5.74) is 2.11. The first-order chi connectivity index (χ1) is 11.2. The fourth-order valence-electron chi connectivity index (χ4n) is 3.28. The summed E-state index contributed by atoms with van der Waals surface area (Å²) in [4.78, 5) is 28.4. The molecule has 4 heterocycles. The Balaban J connectivity index is 2.00. The number of aromatic nitrogens is 4. The molecular weight excluding hydrogens is 292 g/mol. The highest BCUT2D eigenvalue weighted by atomic mass is 16.1. The predicted octanol–water partition coefficient (Wildman–Crippen LogP) is 2.04. The Bertz CT molecular complexity index is 984. The summed E-state index contributed by atoms with van der Waals surface area (Å²) in [6.07, 6.45) is 9.16. The van der Waals surface area contributed by atoms with E-state index in [1.165, 1.54) is 10.4 Å². The largest absolute Gasteiger partial charge is 0.350 e. The van der Waals surface area contributed by atoms with Crippen LogP contribution in [0.15, 0.2) is 29.5 Å². The third-order valence-corrected chi connectivity index (χ3v) is 4.53. The van der Waals surface area contributed by atoms with Crippen LogP contribution in [0, 0.1) is 6.92 Å². The van der Waals surface area contributed by atoms with Gasteiger partial charge >= 0.3 is 0 Å². The molecule has 3 aromatic heterocycles. The molecule has 0 unspecified atom stereocenters. The molecule has 1 aliphatic heterocycles. The van der Waals surface area contributed by atoms with Crippen LogP contribution in [0.25, 0.3) is 16.6 Å². The number of rotatable bonds is 2. The summed E-state index contributed by atoms with van der Waals surface area (Å²) < 4.78 is 3.37. The Morgan fingerprint density at radius 3 is 2.96 bits per heavy atom. The van der Waals surface area contributed by atoms with E-state index in [4.69, 9.17) is 0 Å². The second-order valence-electron chi connectivity index (χ2n) is 5.90. The number of nitrogens with zero attached hydrogens (tertiary/aromatic N) is 4. The maximum Gasteiger partial charge on any atom is 0.282 e. The van der Waals surface area contributed by atoms with Gasteiger partial charge in [-0.15, -0.1) is 0 Å². The van der Waals surface area contributed by atoms with Crippen LogP contribution in [-0.2, 0) is 13.0 Å². The molecule has 0 amide bonds. The molecule has 0 atom stereocenters. The standard InChI is InChI=1S/C17H16N4O2/c1-11-5-6-18-16(14(11)10-22)21-17(23)13-9-20-7-3-2-4-15(20)12(13)8-19-21/h5-6,8-10H,2-4,7H2,1H3. The number of carbonyl (C=O) groups excluding carboxylic acids is 1. The molecule has 0 radical (unpaired) electrons. The molecule has 0 aliphatic carbocycles. The maximum atomic E-state index is 12.9. The molecule has 0 bridgehead atoms. The van der Waals surface area contributed by atoms with Gasteiger partial charge in [-0.3, -0.25) is 9.59 Å². The first-order valence-corrected chi connectivity index (χ1v) is 7.72. The fraction of sp³-hybridized carbons (Fsp3) is 0.294. The molecular formula is C17H16N4O2. The number of hydrogen-bond donors (Lipinski definition) is 0. The van der Waals surface area contributed by atoms with Crippen molar-refractivity contribution >= 4 is 17.1 Å². The summed E-state index contributed by atoms with van der Waals surface area (Å²) >= 11 is 0. The minimum Gasteiger partial charge on any atom is -0.350 e. The quantitative estimate of drug-likeness (QED) is 0.679. The van der Waals surface area contributed by atoms with E-state index in [9.17, 15) is 9.59 Å². The second kappa shape index (κ2) is 5.15. The van der Waals surface area contributed by atoms with E-state index in [0.29, 0.717) is 10.9 Å². The lowest BCUT2D eigenvalue weighted by atomic mass is 10.1. The highest BCUT2D eigenvalue weighted by molar-refractivity contribution is 5.85. The normalized spacial score (nSPS) is 14.0. The van der Waals surface area contributed by atoms with Crippen LogP contribution in [0.1, 0.15) is 34.5 Å². The topological polar surface area (TPSA) is 69.8 Å². The Labute approximate surface area is 132 Å². The van der Waals surface area contributed by atoms with Crippen LogP contribution in [0.3, 0.4) is 0 Å². The van der Waals surface area contributed by atoms with E-state index in [-0.39, 0.29) is 11.4 Å². The Kier molecular flexibility index (Phi) is 3.11. The second-order valence-corrected chi connectivity index (χ2v) is 5.90. The highest BCUT2D eigenvalue weighted by Crippen LogP contribution is 2.24. The van der Waals surface area contributed by atoms with Gasteiger partial charge in [0.1, 0.15) is 0 Å². The average molecular weight is 308 g/mol. The summed E-state index contributed by atoms with van der Waals surface area (Å²) in [5, 5.41) is 5.82. The zero-order valence-electron chi connectivity index (χ0n) is 12.8. The minimum atomic E-state index is -0.231. The van der Waals surface area contributed by atoms with E-state index >= 15 is 0 Å². The first-order valence-electron chi connectivity index (χ1n) is 7.72. The molecule has 3 aromatic rings. The fourth-order valence-corrected chi connectivity index (χ4v) is 3.28. The molecule has 1 aliphatic rings. The molecule has 0 N–H and O–H groups in total. The van der Waals surface area contributed by atoms with Crippen LogP contribution in [0.4, 0.5) is 0 Å². The molecule has 23 heavy (non-hydrogen) atoms. The summed E-state index contributed by atoms with van der Waals surface area (Å²) in [7, 11) is 0. The van der Waals surface area contributed by atoms with Gasteiger partial charge in [0.2, 0.25) is 0 Å². The monoisotopic (exact) mass is 308 g/mol. The smallest absolute Gasteiger partial charge is 0.282 e. The van der Waals surface area contributed by atoms with Crippen molar-refractivity contribution in [1.29, 1.82) is 0 Å². The lowest BCUT2D eigenvalue weighted by Gasteiger charge is -2.14. The van der Waals surface area contributed by atoms with Gasteiger partial charge in [-0.1, -0.05) is 0 Å². The number of carbonyl (C=O) groups is 1. The van der Waals surface area contributed by atoms with Crippen molar-refractivity contribution in [1.82, 2.24) is 19.3 Å². The lowest BCUT2D eigenvalue weighted by molar-refractivity contribution is 0.112. The third-order valence-electron chi connectivity index (χ3n) is 4.53. The molecule has 6 nitrogen and oxygen atoms in total. The van der Waals surface area contributed by atoms with Crippen LogP contribution < -0.4 is 5.56 Å². The van der Waals surface area contributed by atoms with Gasteiger partial charge in [-0.25, -0.2) is 4.98 Å². The number of aryl methyl sites for hydroxylation is 3. The van der Waals surface area contributed by atoms with E-state index in [2.05, 4.69) is 14.6 Å². The van der Waals surface area contributed by atoms with Crippen molar-refractivity contribution < 1.29 is 4.79 Å². The molecule has 4 rings (SSSR count). The van der Waals surface area contributed by atoms with Crippen molar-refractivity contribution in [3.8, 4) is 5.82 Å². The average Bonchev–Trinajstić information content (AvgIpc) is 2.95. The van der Waals surface area contributed by atoms with E-state index in [0.717, 1.165) is 43.0 Å². The van der Waals surface area contributed by atoms with Gasteiger partial charge in [-0.2, -0.15) is 9.78 Å². The molecule has 0 saturated heterocycles. The molecule has 0 fully saturated rings. The molecule has 0 saturated carbocycles. The van der Waals surface area contributed by atoms with Gasteiger partial charge in [0, 0.05) is 30.0 Å². The van der Waals surface area contributed by atoms with E-state index in [1.807, 2.05) is 13.1 Å². The molecule has 0 spiro atoms. The summed E-state index contributed by atoms with van der Waals surface area (Å²) in [6, 6.07) is 1.74. The van der Waals surface area contributed by atoms with Crippen molar-refractivity contribution in [3.63, 3.8) is 0 Å². The third kappa shape index (κ3) is 2.02. The number of fused-ring (bicyclic) bond motifs is 3. The molecule has 116 valence electrons. The van der Waals surface area contributed by atoms with Crippen molar-refractivity contribution in [2.45, 2.75) is 32.7 Å². The number of pyridine rings is 1. The van der Waals surface area contributed by atoms with Gasteiger partial charge in [0.25, 0.3) is 5.56 Å². The Morgan fingerprint density at radius 2 is 2.13 bits per heavy atom. The van der Waals surface area contributed by atoms with Crippen LogP contribution in [0.2, 0.25) is 0 Å². The van der Waals surface area contributed by atoms with Crippen LogP contribution in [-0.4, -0.2) is 25.6 Å². The Morgan fingerprint density at radius 1 is 1.26 bits per heavy atom. The highest BCUT2D eigenvalue weighted by Gasteiger charge is 2.18. The minimum absolute atomic E-state index is 0.231. The van der Waals surface area contributed by atoms with Gasteiger partial charge in [-0.05, 0) is 37.8 Å². The van der Waals surface area contributed by atoms with E-state index < -0.39 is 0 Å². The van der Waals surface area contributed by atoms with Crippen molar-refractivity contribution in [2.24, 2.45) is 0 Å². The zero-order chi connectivity index (χ0) is 16.0. The number of hydrogen-bond acceptors (Lipinski definition) is 4. The van der Waals surface area contributed by atoms with Crippen molar-refractivity contribution in [2.75, 3.05) is 0 Å². The maximum absolute atomic E-state index is 12.9. The van der Waals surface area contributed by atoms with Gasteiger partial charge in [0.05, 0.1) is 17.1 Å². The van der Waals surface area contributed by atoms with Gasteiger partial charge < -0.3 is 4.57 Å². The van der Waals surface area contributed by atoms with Crippen molar-refractivity contribution in [3.05, 3.63) is 51.8 Å². The zero-order valence-corrected chi connectivity index (χ0v) is 12.8. The van der Waals surface area contributed by atoms with Crippen LogP contribution in [0.5, 0.6) is 0 Å². The predicted molar refractivity (Wildman–Crippen MR) is 86.2 cm³/mol.